The van der Waals surface area contributed by atoms with E-state index in [1.54, 1.807) is 0 Å². The first-order chi connectivity index (χ1) is 9.70. The fraction of sp³-hybridized carbons (Fsp3) is 0.0833. The van der Waals surface area contributed by atoms with Gasteiger partial charge in [0.1, 0.15) is 5.76 Å². The number of carbonyl (C=O) groups is 1. The number of carboxylic acids is 1. The van der Waals surface area contributed by atoms with E-state index in [1.807, 2.05) is 0 Å². The summed E-state index contributed by atoms with van der Waals surface area (Å²) in [5.74, 6) is -2.29. The molecule has 0 fully saturated rings. The lowest BCUT2D eigenvalue weighted by Gasteiger charge is -2.08. The van der Waals surface area contributed by atoms with Crippen LogP contribution in [-0.2, 0) is 6.18 Å². The van der Waals surface area contributed by atoms with Gasteiger partial charge in [-0.15, -0.1) is 0 Å². The van der Waals surface area contributed by atoms with Gasteiger partial charge >= 0.3 is 12.1 Å². The molecule has 0 radical (unpaired) electrons. The zero-order chi connectivity index (χ0) is 15.8. The molecule has 2 rings (SSSR count). The molecule has 21 heavy (non-hydrogen) atoms. The van der Waals surface area contributed by atoms with Crippen LogP contribution < -0.4 is 0 Å². The molecule has 9 heteroatoms. The lowest BCUT2D eigenvalue weighted by atomic mass is 10.1. The largest absolute Gasteiger partial charge is 0.475 e. The molecule has 0 saturated heterocycles. The summed E-state index contributed by atoms with van der Waals surface area (Å²) in [6.07, 6.45) is -4.69. The van der Waals surface area contributed by atoms with Crippen molar-refractivity contribution in [3.63, 3.8) is 0 Å². The molecular weight excluding hydrogens is 295 g/mol. The van der Waals surface area contributed by atoms with E-state index < -0.39 is 39.6 Å². The Morgan fingerprint density at radius 1 is 1.24 bits per heavy atom. The van der Waals surface area contributed by atoms with Crippen LogP contribution >= 0.6 is 0 Å². The second-order valence-corrected chi connectivity index (χ2v) is 3.96. The number of hydrogen-bond acceptors (Lipinski definition) is 4. The molecule has 0 atom stereocenters. The molecule has 0 aliphatic carbocycles. The summed E-state index contributed by atoms with van der Waals surface area (Å²) >= 11 is 0. The Balaban J connectivity index is 2.62. The Morgan fingerprint density at radius 3 is 2.38 bits per heavy atom. The molecule has 6 nitrogen and oxygen atoms in total. The van der Waals surface area contributed by atoms with Crippen LogP contribution in [0.5, 0.6) is 0 Å². The topological polar surface area (TPSA) is 93.6 Å². The Hall–Kier alpha value is -2.84. The van der Waals surface area contributed by atoms with Crippen molar-refractivity contribution in [1.29, 1.82) is 0 Å². The molecule has 1 N–H and O–H groups in total. The predicted molar refractivity (Wildman–Crippen MR) is 62.8 cm³/mol. The van der Waals surface area contributed by atoms with E-state index in [0.29, 0.717) is 18.2 Å². The van der Waals surface area contributed by atoms with Gasteiger partial charge in [-0.05, 0) is 24.3 Å². The lowest BCUT2D eigenvalue weighted by molar-refractivity contribution is -0.384. The molecule has 0 aliphatic rings. The molecule has 1 aromatic carbocycles. The van der Waals surface area contributed by atoms with E-state index in [4.69, 9.17) is 9.52 Å². The monoisotopic (exact) mass is 301 g/mol. The summed E-state index contributed by atoms with van der Waals surface area (Å²) in [6, 6.07) is 3.87. The van der Waals surface area contributed by atoms with Gasteiger partial charge in [0.25, 0.3) is 5.69 Å². The quantitative estimate of drug-likeness (QED) is 0.691. The molecule has 0 amide bonds. The first-order valence-electron chi connectivity index (χ1n) is 5.39. The van der Waals surface area contributed by atoms with Gasteiger partial charge in [-0.3, -0.25) is 10.1 Å². The molecular formula is C12H6F3NO5. The lowest BCUT2D eigenvalue weighted by Crippen LogP contribution is -2.05. The highest BCUT2D eigenvalue weighted by Gasteiger charge is 2.33. The van der Waals surface area contributed by atoms with Crippen LogP contribution in [0, 0.1) is 10.1 Å². The molecule has 0 spiro atoms. The molecule has 1 heterocycles. The zero-order valence-corrected chi connectivity index (χ0v) is 10.0. The number of furan rings is 1. The molecule has 110 valence electrons. The van der Waals surface area contributed by atoms with Crippen LogP contribution in [-0.4, -0.2) is 16.0 Å². The number of halogens is 3. The third kappa shape index (κ3) is 2.86. The van der Waals surface area contributed by atoms with Gasteiger partial charge in [0, 0.05) is 6.07 Å². The summed E-state index contributed by atoms with van der Waals surface area (Å²) in [7, 11) is 0. The maximum Gasteiger partial charge on any atom is 0.416 e. The van der Waals surface area contributed by atoms with Crippen LogP contribution in [0.2, 0.25) is 0 Å². The SMILES string of the molecule is O=C(O)c1ccc(-c2cc(C(F)(F)F)ccc2[N+](=O)[O-])o1. The zero-order valence-electron chi connectivity index (χ0n) is 10.0. The minimum Gasteiger partial charge on any atom is -0.475 e. The van der Waals surface area contributed by atoms with Crippen molar-refractivity contribution < 1.29 is 32.4 Å². The fourth-order valence-corrected chi connectivity index (χ4v) is 1.67. The van der Waals surface area contributed by atoms with E-state index in [2.05, 4.69) is 0 Å². The number of aromatic carboxylic acids is 1. The Kier molecular flexibility index (Phi) is 3.42. The van der Waals surface area contributed by atoms with Crippen molar-refractivity contribution in [3.8, 4) is 11.3 Å². The number of nitrogens with zero attached hydrogens (tertiary/aromatic N) is 1. The van der Waals surface area contributed by atoms with Crippen molar-refractivity contribution in [3.05, 3.63) is 51.8 Å². The van der Waals surface area contributed by atoms with E-state index >= 15 is 0 Å². The maximum atomic E-state index is 12.7. The predicted octanol–water partition coefficient (Wildman–Crippen LogP) is 3.57. The van der Waals surface area contributed by atoms with Gasteiger partial charge in [-0.1, -0.05) is 0 Å². The van der Waals surface area contributed by atoms with Crippen molar-refractivity contribution in [2.45, 2.75) is 6.18 Å². The van der Waals surface area contributed by atoms with Crippen LogP contribution in [0.4, 0.5) is 18.9 Å². The standard InChI is InChI=1S/C12H6F3NO5/c13-12(14,15)6-1-2-8(16(19)20)7(5-6)9-3-4-10(21-9)11(17)18/h1-5H,(H,17,18). The van der Waals surface area contributed by atoms with Gasteiger partial charge in [0.15, 0.2) is 0 Å². The molecule has 1 aromatic heterocycles. The highest BCUT2D eigenvalue weighted by Crippen LogP contribution is 2.37. The summed E-state index contributed by atoms with van der Waals surface area (Å²) in [4.78, 5) is 20.7. The number of alkyl halides is 3. The van der Waals surface area contributed by atoms with Gasteiger partial charge in [0.05, 0.1) is 16.1 Å². The van der Waals surface area contributed by atoms with Crippen molar-refractivity contribution >= 4 is 11.7 Å². The molecule has 0 saturated carbocycles. The second kappa shape index (κ2) is 4.93. The van der Waals surface area contributed by atoms with E-state index in [-0.39, 0.29) is 5.76 Å². The van der Waals surface area contributed by atoms with E-state index in [0.717, 1.165) is 12.1 Å². The van der Waals surface area contributed by atoms with Crippen molar-refractivity contribution in [1.82, 2.24) is 0 Å². The normalized spacial score (nSPS) is 11.4. The fourth-order valence-electron chi connectivity index (χ4n) is 1.67. The van der Waals surface area contributed by atoms with Crippen LogP contribution in [0.25, 0.3) is 11.3 Å². The first kappa shape index (κ1) is 14.6. The van der Waals surface area contributed by atoms with Gasteiger partial charge in [0.2, 0.25) is 5.76 Å². The maximum absolute atomic E-state index is 12.7. The van der Waals surface area contributed by atoms with Crippen LogP contribution in [0.3, 0.4) is 0 Å². The Morgan fingerprint density at radius 2 is 1.90 bits per heavy atom. The van der Waals surface area contributed by atoms with Gasteiger partial charge < -0.3 is 9.52 Å². The third-order valence-electron chi connectivity index (χ3n) is 2.60. The Bertz CT molecular complexity index is 720. The third-order valence-corrected chi connectivity index (χ3v) is 2.60. The average Bonchev–Trinajstić information content (AvgIpc) is 2.86. The van der Waals surface area contributed by atoms with Gasteiger partial charge in [-0.2, -0.15) is 13.2 Å². The highest BCUT2D eigenvalue weighted by atomic mass is 19.4. The summed E-state index contributed by atoms with van der Waals surface area (Å²) in [6.45, 7) is 0. The number of carboxylic acid groups (broad SMARTS) is 1. The van der Waals surface area contributed by atoms with Crippen molar-refractivity contribution in [2.75, 3.05) is 0 Å². The number of hydrogen-bond donors (Lipinski definition) is 1. The molecule has 2 aromatic rings. The number of rotatable bonds is 3. The van der Waals surface area contributed by atoms with Crippen molar-refractivity contribution in [2.24, 2.45) is 0 Å². The van der Waals surface area contributed by atoms with Crippen LogP contribution in [0.15, 0.2) is 34.7 Å². The summed E-state index contributed by atoms with van der Waals surface area (Å²) in [5, 5.41) is 19.6. The summed E-state index contributed by atoms with van der Waals surface area (Å²) in [5.41, 5.74) is -2.16. The number of nitro groups is 1. The first-order valence-corrected chi connectivity index (χ1v) is 5.39. The Labute approximate surface area is 114 Å². The van der Waals surface area contributed by atoms with E-state index in [1.165, 1.54) is 0 Å². The average molecular weight is 301 g/mol. The second-order valence-electron chi connectivity index (χ2n) is 3.96. The number of nitro benzene ring substituents is 1. The van der Waals surface area contributed by atoms with Gasteiger partial charge in [-0.25, -0.2) is 4.79 Å². The minimum atomic E-state index is -4.69. The van der Waals surface area contributed by atoms with Crippen LogP contribution in [0.1, 0.15) is 16.1 Å². The summed E-state index contributed by atoms with van der Waals surface area (Å²) < 4.78 is 42.8. The van der Waals surface area contributed by atoms with E-state index in [9.17, 15) is 28.1 Å². The highest BCUT2D eigenvalue weighted by molar-refractivity contribution is 5.85. The smallest absolute Gasteiger partial charge is 0.416 e. The molecule has 0 unspecified atom stereocenters. The number of benzene rings is 1. The molecule has 0 bridgehead atoms. The minimum absolute atomic E-state index is 0.329. The molecule has 0 aliphatic heterocycles.